The summed E-state index contributed by atoms with van der Waals surface area (Å²) in [6, 6.07) is 7.72. The number of nitrogens with zero attached hydrogens (tertiary/aromatic N) is 2. The lowest BCUT2D eigenvalue weighted by Gasteiger charge is -2.33. The average Bonchev–Trinajstić information content (AvgIpc) is 2.53. The van der Waals surface area contributed by atoms with E-state index in [0.29, 0.717) is 11.6 Å². The van der Waals surface area contributed by atoms with Gasteiger partial charge in [0.15, 0.2) is 0 Å². The summed E-state index contributed by atoms with van der Waals surface area (Å²) >= 11 is 6.03. The number of ether oxygens (including phenoxy) is 1. The summed E-state index contributed by atoms with van der Waals surface area (Å²) < 4.78 is 4.88. The summed E-state index contributed by atoms with van der Waals surface area (Å²) in [4.78, 5) is 18.4. The fraction of sp³-hybridized carbons (Fsp3) is 0.375. The summed E-state index contributed by atoms with van der Waals surface area (Å²) in [5, 5.41) is 1.74. The van der Waals surface area contributed by atoms with E-state index in [1.807, 2.05) is 24.3 Å². The highest BCUT2D eigenvalue weighted by Crippen LogP contribution is 2.30. The summed E-state index contributed by atoms with van der Waals surface area (Å²) in [5.74, 6) is -0.180. The van der Waals surface area contributed by atoms with Gasteiger partial charge in [-0.15, -0.1) is 0 Å². The fourth-order valence-corrected chi connectivity index (χ4v) is 3.10. The number of hydrogen-bond acceptors (Lipinski definition) is 4. The number of anilines is 1. The Morgan fingerprint density at radius 3 is 3.10 bits per heavy atom. The van der Waals surface area contributed by atoms with Gasteiger partial charge in [-0.3, -0.25) is 9.78 Å². The van der Waals surface area contributed by atoms with Gasteiger partial charge in [0, 0.05) is 35.4 Å². The number of rotatable bonds is 2. The maximum atomic E-state index is 11.8. The van der Waals surface area contributed by atoms with Gasteiger partial charge in [-0.25, -0.2) is 0 Å². The van der Waals surface area contributed by atoms with E-state index < -0.39 is 0 Å². The summed E-state index contributed by atoms with van der Waals surface area (Å²) in [5.41, 5.74) is 1.98. The molecule has 1 atom stereocenters. The van der Waals surface area contributed by atoms with E-state index in [2.05, 4.69) is 9.88 Å². The minimum atomic E-state index is -0.124. The molecule has 0 spiro atoms. The van der Waals surface area contributed by atoms with Crippen molar-refractivity contribution < 1.29 is 9.53 Å². The zero-order valence-electron chi connectivity index (χ0n) is 11.9. The SMILES string of the molecule is COC(=O)C1CCCN(c2ccnc3cc(Cl)ccc23)C1. The third-order valence-electron chi connectivity index (χ3n) is 3.98. The second-order valence-electron chi connectivity index (χ2n) is 5.30. The number of carbonyl (C=O) groups excluding carboxylic acids is 1. The van der Waals surface area contributed by atoms with E-state index in [0.717, 1.165) is 36.0 Å². The minimum Gasteiger partial charge on any atom is -0.469 e. The van der Waals surface area contributed by atoms with E-state index in [1.165, 1.54) is 7.11 Å². The molecule has 110 valence electrons. The number of carbonyl (C=O) groups is 1. The van der Waals surface area contributed by atoms with Crippen LogP contribution in [-0.2, 0) is 9.53 Å². The average molecular weight is 305 g/mol. The molecule has 2 aromatic rings. The number of methoxy groups -OCH3 is 1. The van der Waals surface area contributed by atoms with Gasteiger partial charge in [0.25, 0.3) is 0 Å². The summed E-state index contributed by atoms with van der Waals surface area (Å²) in [6.45, 7) is 1.63. The Morgan fingerprint density at radius 1 is 1.43 bits per heavy atom. The van der Waals surface area contributed by atoms with Gasteiger partial charge in [0.05, 0.1) is 18.5 Å². The number of piperidine rings is 1. The van der Waals surface area contributed by atoms with E-state index in [9.17, 15) is 4.79 Å². The van der Waals surface area contributed by atoms with Crippen molar-refractivity contribution in [3.8, 4) is 0 Å². The molecule has 0 saturated carbocycles. The highest BCUT2D eigenvalue weighted by Gasteiger charge is 2.27. The Morgan fingerprint density at radius 2 is 2.29 bits per heavy atom. The van der Waals surface area contributed by atoms with E-state index >= 15 is 0 Å². The molecule has 1 fully saturated rings. The van der Waals surface area contributed by atoms with Crippen molar-refractivity contribution in [2.75, 3.05) is 25.1 Å². The Bertz CT molecular complexity index is 674. The molecule has 1 aliphatic rings. The first-order valence-corrected chi connectivity index (χ1v) is 7.44. The third kappa shape index (κ3) is 2.81. The van der Waals surface area contributed by atoms with Gasteiger partial charge in [-0.1, -0.05) is 11.6 Å². The first kappa shape index (κ1) is 14.1. The van der Waals surface area contributed by atoms with Gasteiger partial charge in [0.2, 0.25) is 0 Å². The van der Waals surface area contributed by atoms with Gasteiger partial charge in [-0.2, -0.15) is 0 Å². The first-order valence-electron chi connectivity index (χ1n) is 7.06. The lowest BCUT2D eigenvalue weighted by molar-refractivity contribution is -0.145. The van der Waals surface area contributed by atoms with Crippen LogP contribution in [0.2, 0.25) is 5.02 Å². The number of benzene rings is 1. The highest BCUT2D eigenvalue weighted by molar-refractivity contribution is 6.31. The number of pyridine rings is 1. The van der Waals surface area contributed by atoms with Gasteiger partial charge < -0.3 is 9.64 Å². The van der Waals surface area contributed by atoms with Crippen LogP contribution in [0.4, 0.5) is 5.69 Å². The van der Waals surface area contributed by atoms with Crippen LogP contribution in [0.3, 0.4) is 0 Å². The van der Waals surface area contributed by atoms with Crippen LogP contribution in [0, 0.1) is 5.92 Å². The van der Waals surface area contributed by atoms with E-state index in [-0.39, 0.29) is 11.9 Å². The second-order valence-corrected chi connectivity index (χ2v) is 5.74. The first-order chi connectivity index (χ1) is 10.2. The lowest BCUT2D eigenvalue weighted by atomic mass is 9.97. The molecule has 0 N–H and O–H groups in total. The number of halogens is 1. The van der Waals surface area contributed by atoms with Crippen molar-refractivity contribution in [1.29, 1.82) is 0 Å². The summed E-state index contributed by atoms with van der Waals surface area (Å²) in [6.07, 6.45) is 3.66. The highest BCUT2D eigenvalue weighted by atomic mass is 35.5. The lowest BCUT2D eigenvalue weighted by Crippen LogP contribution is -2.39. The molecule has 1 unspecified atom stereocenters. The van der Waals surface area contributed by atoms with Crippen LogP contribution in [0.1, 0.15) is 12.8 Å². The Kier molecular flexibility index (Phi) is 3.97. The molecule has 1 saturated heterocycles. The zero-order valence-corrected chi connectivity index (χ0v) is 12.6. The number of esters is 1. The molecule has 2 heterocycles. The quantitative estimate of drug-likeness (QED) is 0.799. The number of aromatic nitrogens is 1. The van der Waals surface area contributed by atoms with Crippen LogP contribution >= 0.6 is 11.6 Å². The zero-order chi connectivity index (χ0) is 14.8. The molecule has 1 aliphatic heterocycles. The number of hydrogen-bond donors (Lipinski definition) is 0. The molecular weight excluding hydrogens is 288 g/mol. The van der Waals surface area contributed by atoms with Crippen LogP contribution in [0.25, 0.3) is 10.9 Å². The van der Waals surface area contributed by atoms with Gasteiger partial charge >= 0.3 is 5.97 Å². The standard InChI is InChI=1S/C16H17ClN2O2/c1-21-16(20)11-3-2-8-19(10-11)15-6-7-18-14-9-12(17)4-5-13(14)15/h4-7,9,11H,2-3,8,10H2,1H3. The van der Waals surface area contributed by atoms with Crippen LogP contribution in [0.5, 0.6) is 0 Å². The largest absolute Gasteiger partial charge is 0.469 e. The Hall–Kier alpha value is -1.81. The van der Waals surface area contributed by atoms with Crippen molar-refractivity contribution in [2.45, 2.75) is 12.8 Å². The third-order valence-corrected chi connectivity index (χ3v) is 4.21. The second kappa shape index (κ2) is 5.90. The van der Waals surface area contributed by atoms with Crippen LogP contribution in [-0.4, -0.2) is 31.2 Å². The normalized spacial score (nSPS) is 18.8. The minimum absolute atomic E-state index is 0.0562. The van der Waals surface area contributed by atoms with Gasteiger partial charge in [-0.05, 0) is 37.1 Å². The molecule has 0 bridgehead atoms. The van der Waals surface area contributed by atoms with Crippen molar-refractivity contribution in [2.24, 2.45) is 5.92 Å². The Balaban J connectivity index is 1.94. The van der Waals surface area contributed by atoms with Crippen molar-refractivity contribution in [3.63, 3.8) is 0 Å². The molecule has 21 heavy (non-hydrogen) atoms. The van der Waals surface area contributed by atoms with E-state index in [1.54, 1.807) is 6.20 Å². The predicted molar refractivity (Wildman–Crippen MR) is 83.7 cm³/mol. The fourth-order valence-electron chi connectivity index (χ4n) is 2.94. The van der Waals surface area contributed by atoms with Gasteiger partial charge in [0.1, 0.15) is 0 Å². The maximum absolute atomic E-state index is 11.8. The molecule has 0 amide bonds. The molecule has 1 aromatic heterocycles. The summed E-state index contributed by atoms with van der Waals surface area (Å²) in [7, 11) is 1.45. The van der Waals surface area contributed by atoms with Crippen LogP contribution < -0.4 is 4.90 Å². The Labute approximate surface area is 128 Å². The molecule has 0 radical (unpaired) electrons. The predicted octanol–water partition coefficient (Wildman–Crippen LogP) is 3.28. The molecule has 4 nitrogen and oxygen atoms in total. The molecule has 1 aromatic carbocycles. The van der Waals surface area contributed by atoms with E-state index in [4.69, 9.17) is 16.3 Å². The smallest absolute Gasteiger partial charge is 0.310 e. The topological polar surface area (TPSA) is 42.4 Å². The van der Waals surface area contributed by atoms with Crippen molar-refractivity contribution in [1.82, 2.24) is 4.98 Å². The monoisotopic (exact) mass is 304 g/mol. The van der Waals surface area contributed by atoms with Crippen LogP contribution in [0.15, 0.2) is 30.5 Å². The molecular formula is C16H17ClN2O2. The van der Waals surface area contributed by atoms with Crippen molar-refractivity contribution >= 4 is 34.2 Å². The maximum Gasteiger partial charge on any atom is 0.310 e. The number of fused-ring (bicyclic) bond motifs is 1. The molecule has 5 heteroatoms. The molecule has 3 rings (SSSR count). The molecule has 0 aliphatic carbocycles. The van der Waals surface area contributed by atoms with Crippen molar-refractivity contribution in [3.05, 3.63) is 35.5 Å².